The summed E-state index contributed by atoms with van der Waals surface area (Å²) in [5, 5.41) is 0.839. The van der Waals surface area contributed by atoms with Crippen LogP contribution in [0.4, 0.5) is 0 Å². The smallest absolute Gasteiger partial charge is 0.269 e. The van der Waals surface area contributed by atoms with Gasteiger partial charge in [-0.2, -0.15) is 8.42 Å². The molecule has 0 aliphatic carbocycles. The van der Waals surface area contributed by atoms with Gasteiger partial charge in [0.15, 0.2) is 5.75 Å². The summed E-state index contributed by atoms with van der Waals surface area (Å²) in [4.78, 5) is 3.06. The molecular formula is C21H14Cl3NO6S2. The van der Waals surface area contributed by atoms with E-state index in [9.17, 15) is 16.8 Å². The predicted octanol–water partition coefficient (Wildman–Crippen LogP) is 6.14. The lowest BCUT2D eigenvalue weighted by atomic mass is 10.2. The predicted molar refractivity (Wildman–Crippen MR) is 127 cm³/mol. The first-order valence-electron chi connectivity index (χ1n) is 9.17. The van der Waals surface area contributed by atoms with Crippen molar-refractivity contribution in [2.75, 3.05) is 0 Å². The summed E-state index contributed by atoms with van der Waals surface area (Å²) < 4.78 is 63.3. The minimum absolute atomic E-state index is 0.0179. The maximum absolute atomic E-state index is 13.1. The second kappa shape index (κ2) is 8.83. The van der Waals surface area contributed by atoms with Gasteiger partial charge in [-0.1, -0.05) is 34.8 Å². The fourth-order valence-corrected chi connectivity index (χ4v) is 5.97. The van der Waals surface area contributed by atoms with E-state index in [1.54, 1.807) is 12.1 Å². The van der Waals surface area contributed by atoms with Crippen molar-refractivity contribution in [1.82, 2.24) is 4.98 Å². The van der Waals surface area contributed by atoms with Crippen LogP contribution in [-0.2, 0) is 25.7 Å². The molecule has 1 aromatic heterocycles. The van der Waals surface area contributed by atoms with E-state index in [0.717, 1.165) is 0 Å². The van der Waals surface area contributed by atoms with Crippen LogP contribution in [0.25, 0.3) is 10.9 Å². The first-order valence-corrected chi connectivity index (χ1v) is 13.4. The molecule has 4 rings (SSSR count). The Kier molecular flexibility index (Phi) is 6.38. The van der Waals surface area contributed by atoms with E-state index in [-0.39, 0.29) is 36.9 Å². The van der Waals surface area contributed by atoms with Crippen LogP contribution >= 0.6 is 34.8 Å². The molecule has 0 unspecified atom stereocenters. The monoisotopic (exact) mass is 545 g/mol. The number of sulfone groups is 1. The van der Waals surface area contributed by atoms with E-state index < -0.39 is 25.7 Å². The van der Waals surface area contributed by atoms with Crippen LogP contribution in [-0.4, -0.2) is 26.4 Å². The highest BCUT2D eigenvalue weighted by molar-refractivity contribution is 7.91. The zero-order valence-corrected chi connectivity index (χ0v) is 20.3. The SMILES string of the molecule is O=S(=O)(O)Cc1cc(Cl)c(Oc2ccc3[nH]cc(S(=O)(=O)c4ccc(Cl)cc4)c3c2)c(Cl)c1. The van der Waals surface area contributed by atoms with Crippen molar-refractivity contribution in [3.63, 3.8) is 0 Å². The molecule has 4 aromatic rings. The van der Waals surface area contributed by atoms with Gasteiger partial charge < -0.3 is 9.72 Å². The molecule has 0 bridgehead atoms. The summed E-state index contributed by atoms with van der Waals surface area (Å²) >= 11 is 18.3. The number of hydrogen-bond donors (Lipinski definition) is 2. The van der Waals surface area contributed by atoms with Crippen molar-refractivity contribution in [2.45, 2.75) is 15.5 Å². The summed E-state index contributed by atoms with van der Waals surface area (Å²) in [5.41, 5.74) is 0.743. The third-order valence-corrected chi connectivity index (χ3v) is 7.98. The van der Waals surface area contributed by atoms with Crippen LogP contribution in [0.2, 0.25) is 15.1 Å². The van der Waals surface area contributed by atoms with E-state index in [1.165, 1.54) is 48.7 Å². The van der Waals surface area contributed by atoms with Crippen LogP contribution in [0.15, 0.2) is 70.6 Å². The van der Waals surface area contributed by atoms with Gasteiger partial charge in [-0.15, -0.1) is 0 Å². The van der Waals surface area contributed by atoms with Crippen molar-refractivity contribution in [3.8, 4) is 11.5 Å². The third kappa shape index (κ3) is 5.13. The van der Waals surface area contributed by atoms with Gasteiger partial charge in [-0.25, -0.2) is 8.42 Å². The Labute approximate surface area is 204 Å². The van der Waals surface area contributed by atoms with Gasteiger partial charge in [-0.05, 0) is 60.2 Å². The molecule has 2 N–H and O–H groups in total. The van der Waals surface area contributed by atoms with Gasteiger partial charge in [0.2, 0.25) is 9.84 Å². The molecule has 12 heteroatoms. The molecule has 3 aromatic carbocycles. The average molecular weight is 547 g/mol. The molecule has 0 radical (unpaired) electrons. The van der Waals surface area contributed by atoms with Crippen LogP contribution in [0, 0.1) is 0 Å². The normalized spacial score (nSPS) is 12.2. The Morgan fingerprint density at radius 3 is 2.12 bits per heavy atom. The van der Waals surface area contributed by atoms with Crippen molar-refractivity contribution < 1.29 is 26.1 Å². The average Bonchev–Trinajstić information content (AvgIpc) is 3.14. The second-order valence-electron chi connectivity index (χ2n) is 7.03. The Morgan fingerprint density at radius 1 is 0.879 bits per heavy atom. The molecule has 0 aliphatic rings. The number of fused-ring (bicyclic) bond motifs is 1. The van der Waals surface area contributed by atoms with E-state index in [0.29, 0.717) is 15.9 Å². The Bertz CT molecular complexity index is 1560. The lowest BCUT2D eigenvalue weighted by Gasteiger charge is -2.12. The Morgan fingerprint density at radius 2 is 1.52 bits per heavy atom. The molecule has 0 fully saturated rings. The van der Waals surface area contributed by atoms with Crippen molar-refractivity contribution in [1.29, 1.82) is 0 Å². The van der Waals surface area contributed by atoms with Gasteiger partial charge in [0.05, 0.1) is 19.8 Å². The second-order valence-corrected chi connectivity index (χ2v) is 11.7. The number of rotatable bonds is 6. The zero-order chi connectivity index (χ0) is 24.0. The van der Waals surface area contributed by atoms with Crippen molar-refractivity contribution in [2.24, 2.45) is 0 Å². The van der Waals surface area contributed by atoms with Crippen LogP contribution in [0.5, 0.6) is 11.5 Å². The van der Waals surface area contributed by atoms with Gasteiger partial charge in [0.25, 0.3) is 10.1 Å². The minimum atomic E-state index is -4.27. The standard InChI is InChI=1S/C21H14Cl3NO6S2/c22-13-1-4-15(5-2-13)33(29,30)20-10-25-19-6-3-14(9-16(19)20)31-21-17(23)7-12(8-18(21)24)11-32(26,27)28/h1-10,25H,11H2,(H,26,27,28). The van der Waals surface area contributed by atoms with E-state index >= 15 is 0 Å². The number of aromatic amines is 1. The molecule has 0 aliphatic heterocycles. The summed E-state index contributed by atoms with van der Waals surface area (Å²) in [5.74, 6) is -0.357. The lowest BCUT2D eigenvalue weighted by Crippen LogP contribution is -2.02. The molecule has 0 amide bonds. The summed E-state index contributed by atoms with van der Waals surface area (Å²) in [7, 11) is -8.12. The highest BCUT2D eigenvalue weighted by Gasteiger charge is 2.22. The summed E-state index contributed by atoms with van der Waals surface area (Å²) in [6.07, 6.45) is 1.39. The molecule has 0 spiro atoms. The number of benzene rings is 3. The fraction of sp³-hybridized carbons (Fsp3) is 0.0476. The lowest BCUT2D eigenvalue weighted by molar-refractivity contribution is 0.479. The Hall–Kier alpha value is -2.27. The molecule has 1 heterocycles. The number of aromatic nitrogens is 1. The number of ether oxygens (including phenoxy) is 1. The van der Waals surface area contributed by atoms with Gasteiger partial charge >= 0.3 is 0 Å². The zero-order valence-electron chi connectivity index (χ0n) is 16.4. The van der Waals surface area contributed by atoms with Crippen LogP contribution < -0.4 is 4.74 Å². The van der Waals surface area contributed by atoms with Crippen molar-refractivity contribution in [3.05, 3.63) is 81.4 Å². The third-order valence-electron chi connectivity index (χ3n) is 4.66. The maximum Gasteiger partial charge on any atom is 0.269 e. The molecular weight excluding hydrogens is 533 g/mol. The number of H-pyrrole nitrogens is 1. The van der Waals surface area contributed by atoms with Gasteiger partial charge in [0.1, 0.15) is 11.5 Å². The molecule has 33 heavy (non-hydrogen) atoms. The largest absolute Gasteiger partial charge is 0.454 e. The molecule has 0 atom stereocenters. The summed E-state index contributed by atoms with van der Waals surface area (Å²) in [6.45, 7) is 0. The quantitative estimate of drug-likeness (QED) is 0.281. The number of halogens is 3. The minimum Gasteiger partial charge on any atom is -0.454 e. The summed E-state index contributed by atoms with van der Waals surface area (Å²) in [6, 6.07) is 13.2. The van der Waals surface area contributed by atoms with Gasteiger partial charge in [-0.3, -0.25) is 4.55 Å². The first kappa shape index (κ1) is 23.9. The Balaban J connectivity index is 1.72. The fourth-order valence-electron chi connectivity index (χ4n) is 3.22. The van der Waals surface area contributed by atoms with Crippen LogP contribution in [0.3, 0.4) is 0 Å². The van der Waals surface area contributed by atoms with Crippen molar-refractivity contribution >= 4 is 65.7 Å². The molecule has 7 nitrogen and oxygen atoms in total. The van der Waals surface area contributed by atoms with Crippen LogP contribution in [0.1, 0.15) is 5.56 Å². The first-order chi connectivity index (χ1) is 15.4. The maximum atomic E-state index is 13.1. The molecule has 0 saturated heterocycles. The molecule has 0 saturated carbocycles. The van der Waals surface area contributed by atoms with E-state index in [1.807, 2.05) is 0 Å². The highest BCUT2D eigenvalue weighted by Crippen LogP contribution is 2.39. The van der Waals surface area contributed by atoms with E-state index in [2.05, 4.69) is 4.98 Å². The highest BCUT2D eigenvalue weighted by atomic mass is 35.5. The van der Waals surface area contributed by atoms with Gasteiger partial charge in [0, 0.05) is 22.1 Å². The number of hydrogen-bond acceptors (Lipinski definition) is 5. The topological polar surface area (TPSA) is 114 Å². The molecule has 172 valence electrons. The van der Waals surface area contributed by atoms with E-state index in [4.69, 9.17) is 44.1 Å². The number of nitrogens with one attached hydrogen (secondary N) is 1.